The molecule has 4 heteroatoms. The summed E-state index contributed by atoms with van der Waals surface area (Å²) in [6, 6.07) is 10.7. The Labute approximate surface area is 108 Å². The summed E-state index contributed by atoms with van der Waals surface area (Å²) in [4.78, 5) is 12.1. The van der Waals surface area contributed by atoms with E-state index in [0.29, 0.717) is 10.6 Å². The first-order chi connectivity index (χ1) is 8.18. The number of carboxylic acids is 1. The molecular weight excluding hydrogens is 256 g/mol. The highest BCUT2D eigenvalue weighted by atomic mass is 35.5. The lowest BCUT2D eigenvalue weighted by Gasteiger charge is -2.04. The maximum atomic E-state index is 11.3. The molecule has 0 saturated heterocycles. The summed E-state index contributed by atoms with van der Waals surface area (Å²) in [6.45, 7) is 0. The third-order valence-corrected chi connectivity index (χ3v) is 3.37. The normalized spacial score (nSPS) is 11.5. The van der Waals surface area contributed by atoms with E-state index in [1.165, 1.54) is 11.3 Å². The van der Waals surface area contributed by atoms with Crippen LogP contribution in [0.15, 0.2) is 41.8 Å². The number of carbonyl (C=O) groups is 1. The summed E-state index contributed by atoms with van der Waals surface area (Å²) in [5, 5.41) is 11.6. The lowest BCUT2D eigenvalue weighted by Crippen LogP contribution is -1.99. The van der Waals surface area contributed by atoms with Crippen molar-refractivity contribution < 1.29 is 9.90 Å². The molecule has 2 aromatic rings. The number of hydrogen-bond acceptors (Lipinski definition) is 2. The van der Waals surface area contributed by atoms with Crippen LogP contribution in [0.1, 0.15) is 10.4 Å². The zero-order valence-corrected chi connectivity index (χ0v) is 10.3. The van der Waals surface area contributed by atoms with Crippen LogP contribution in [0.3, 0.4) is 0 Å². The van der Waals surface area contributed by atoms with Gasteiger partial charge in [0.1, 0.15) is 0 Å². The molecule has 0 atom stereocenters. The Morgan fingerprint density at radius 1 is 1.24 bits per heavy atom. The van der Waals surface area contributed by atoms with Gasteiger partial charge in [0, 0.05) is 15.5 Å². The summed E-state index contributed by atoms with van der Waals surface area (Å²) in [6.07, 6.45) is 1.63. The Hall–Kier alpha value is -1.58. The molecule has 0 aliphatic rings. The molecule has 17 heavy (non-hydrogen) atoms. The van der Waals surface area contributed by atoms with Gasteiger partial charge in [0.05, 0.1) is 5.57 Å². The molecule has 0 aliphatic carbocycles. The molecule has 0 amide bonds. The fraction of sp³-hybridized carbons (Fsp3) is 0. The van der Waals surface area contributed by atoms with Gasteiger partial charge in [0.2, 0.25) is 0 Å². The van der Waals surface area contributed by atoms with Crippen molar-refractivity contribution in [3.05, 3.63) is 57.2 Å². The smallest absolute Gasteiger partial charge is 0.336 e. The second-order valence-corrected chi connectivity index (χ2v) is 4.74. The van der Waals surface area contributed by atoms with Crippen LogP contribution in [0.4, 0.5) is 0 Å². The summed E-state index contributed by atoms with van der Waals surface area (Å²) in [5.74, 6) is -0.980. The van der Waals surface area contributed by atoms with E-state index in [9.17, 15) is 9.90 Å². The number of carboxylic acid groups (broad SMARTS) is 1. The number of benzene rings is 1. The van der Waals surface area contributed by atoms with Crippen LogP contribution < -0.4 is 0 Å². The van der Waals surface area contributed by atoms with Gasteiger partial charge in [0.25, 0.3) is 0 Å². The third-order valence-electron chi connectivity index (χ3n) is 2.22. The zero-order valence-electron chi connectivity index (χ0n) is 8.76. The van der Waals surface area contributed by atoms with Crippen molar-refractivity contribution in [3.63, 3.8) is 0 Å². The Bertz CT molecular complexity index is 559. The van der Waals surface area contributed by atoms with Gasteiger partial charge in [-0.05, 0) is 23.6 Å². The van der Waals surface area contributed by atoms with Crippen molar-refractivity contribution in [1.82, 2.24) is 0 Å². The summed E-state index contributed by atoms with van der Waals surface area (Å²) < 4.78 is 0. The molecule has 1 heterocycles. The second-order valence-electron chi connectivity index (χ2n) is 3.36. The van der Waals surface area contributed by atoms with Crippen LogP contribution in [-0.4, -0.2) is 11.1 Å². The largest absolute Gasteiger partial charge is 0.478 e. The van der Waals surface area contributed by atoms with Crippen LogP contribution in [-0.2, 0) is 4.79 Å². The molecule has 0 radical (unpaired) electrons. The highest BCUT2D eigenvalue weighted by molar-refractivity contribution is 7.11. The summed E-state index contributed by atoms with van der Waals surface area (Å²) in [5.41, 5.74) is 0.744. The first kappa shape index (κ1) is 11.9. The number of thiophene rings is 1. The molecule has 86 valence electrons. The molecular formula is C13H9ClO2S. The van der Waals surface area contributed by atoms with E-state index in [2.05, 4.69) is 0 Å². The monoisotopic (exact) mass is 264 g/mol. The van der Waals surface area contributed by atoms with E-state index in [1.807, 2.05) is 17.5 Å². The fourth-order valence-corrected chi connectivity index (χ4v) is 2.34. The van der Waals surface area contributed by atoms with Crippen LogP contribution in [0.25, 0.3) is 11.6 Å². The molecule has 1 aromatic heterocycles. The van der Waals surface area contributed by atoms with Gasteiger partial charge in [-0.25, -0.2) is 4.79 Å². The average Bonchev–Trinajstić information content (AvgIpc) is 2.79. The van der Waals surface area contributed by atoms with Crippen molar-refractivity contribution in [1.29, 1.82) is 0 Å². The van der Waals surface area contributed by atoms with E-state index in [-0.39, 0.29) is 5.57 Å². The second kappa shape index (κ2) is 5.17. The number of aliphatic carboxylic acids is 1. The minimum atomic E-state index is -0.980. The molecule has 1 N–H and O–H groups in total. The summed E-state index contributed by atoms with van der Waals surface area (Å²) in [7, 11) is 0. The quantitative estimate of drug-likeness (QED) is 0.850. The van der Waals surface area contributed by atoms with E-state index < -0.39 is 5.97 Å². The van der Waals surface area contributed by atoms with Crippen molar-refractivity contribution in [3.8, 4) is 0 Å². The molecule has 0 spiro atoms. The van der Waals surface area contributed by atoms with Crippen LogP contribution in [0, 0.1) is 0 Å². The van der Waals surface area contributed by atoms with Gasteiger partial charge >= 0.3 is 5.97 Å². The first-order valence-electron chi connectivity index (χ1n) is 4.92. The lowest BCUT2D eigenvalue weighted by atomic mass is 10.1. The van der Waals surface area contributed by atoms with E-state index in [4.69, 9.17) is 11.6 Å². The average molecular weight is 265 g/mol. The van der Waals surface area contributed by atoms with Gasteiger partial charge < -0.3 is 5.11 Å². The predicted molar refractivity (Wildman–Crippen MR) is 71.3 cm³/mol. The summed E-state index contributed by atoms with van der Waals surface area (Å²) >= 11 is 7.49. The standard InChI is InChI=1S/C13H9ClO2S/c14-12-6-2-1-5-10(12)11(13(15)16)8-9-4-3-7-17-9/h1-8H,(H,15,16)/b11-8+. The maximum absolute atomic E-state index is 11.3. The molecule has 2 nitrogen and oxygen atoms in total. The van der Waals surface area contributed by atoms with Gasteiger partial charge in [0.15, 0.2) is 0 Å². The predicted octanol–water partition coefficient (Wildman–Crippen LogP) is 4.03. The Kier molecular flexibility index (Phi) is 3.61. The van der Waals surface area contributed by atoms with Gasteiger partial charge in [-0.3, -0.25) is 0 Å². The van der Waals surface area contributed by atoms with Gasteiger partial charge in [-0.2, -0.15) is 0 Å². The van der Waals surface area contributed by atoms with E-state index in [0.717, 1.165) is 4.88 Å². The minimum Gasteiger partial charge on any atom is -0.478 e. The third kappa shape index (κ3) is 2.75. The van der Waals surface area contributed by atoms with Crippen molar-refractivity contribution >= 4 is 40.6 Å². The number of rotatable bonds is 3. The molecule has 2 rings (SSSR count). The highest BCUT2D eigenvalue weighted by Crippen LogP contribution is 2.26. The van der Waals surface area contributed by atoms with Crippen molar-refractivity contribution in [2.24, 2.45) is 0 Å². The zero-order chi connectivity index (χ0) is 12.3. The molecule has 1 aromatic carbocycles. The van der Waals surface area contributed by atoms with Crippen LogP contribution >= 0.6 is 22.9 Å². The minimum absolute atomic E-state index is 0.207. The SMILES string of the molecule is O=C(O)/C(=C/c1cccs1)c1ccccc1Cl. The number of hydrogen-bond donors (Lipinski definition) is 1. The molecule has 0 bridgehead atoms. The van der Waals surface area contributed by atoms with E-state index in [1.54, 1.807) is 30.3 Å². The topological polar surface area (TPSA) is 37.3 Å². The molecule has 0 fully saturated rings. The highest BCUT2D eigenvalue weighted by Gasteiger charge is 2.13. The van der Waals surface area contributed by atoms with Crippen molar-refractivity contribution in [2.45, 2.75) is 0 Å². The first-order valence-corrected chi connectivity index (χ1v) is 6.17. The molecule has 0 aliphatic heterocycles. The Balaban J connectivity index is 2.51. The van der Waals surface area contributed by atoms with Crippen LogP contribution in [0.2, 0.25) is 5.02 Å². The van der Waals surface area contributed by atoms with Crippen molar-refractivity contribution in [2.75, 3.05) is 0 Å². The maximum Gasteiger partial charge on any atom is 0.336 e. The lowest BCUT2D eigenvalue weighted by molar-refractivity contribution is -0.130. The number of halogens is 1. The van der Waals surface area contributed by atoms with Crippen LogP contribution in [0.5, 0.6) is 0 Å². The Morgan fingerprint density at radius 2 is 2.00 bits per heavy atom. The van der Waals surface area contributed by atoms with E-state index >= 15 is 0 Å². The molecule has 0 unspecified atom stereocenters. The van der Waals surface area contributed by atoms with Gasteiger partial charge in [-0.15, -0.1) is 11.3 Å². The molecule has 0 saturated carbocycles. The fourth-order valence-electron chi connectivity index (χ4n) is 1.45. The van der Waals surface area contributed by atoms with Gasteiger partial charge in [-0.1, -0.05) is 35.9 Å². The Morgan fingerprint density at radius 3 is 2.59 bits per heavy atom.